The molecule has 1 aliphatic heterocycles. The molecule has 1 aliphatic rings. The molecule has 6 heteroatoms. The van der Waals surface area contributed by atoms with Gasteiger partial charge in [0.2, 0.25) is 0 Å². The Morgan fingerprint density at radius 1 is 1.22 bits per heavy atom. The van der Waals surface area contributed by atoms with Crippen LogP contribution in [0.15, 0.2) is 42.5 Å². The highest BCUT2D eigenvalue weighted by Gasteiger charge is 2.23. The Balaban J connectivity index is 1.56. The summed E-state index contributed by atoms with van der Waals surface area (Å²) >= 11 is 0. The van der Waals surface area contributed by atoms with E-state index in [9.17, 15) is 4.79 Å². The molecule has 1 atom stereocenters. The number of ether oxygens (including phenoxy) is 3. The molecule has 27 heavy (non-hydrogen) atoms. The van der Waals surface area contributed by atoms with Gasteiger partial charge in [0.15, 0.2) is 0 Å². The van der Waals surface area contributed by atoms with Gasteiger partial charge < -0.3 is 25.7 Å². The molecule has 144 valence electrons. The topological polar surface area (TPSA) is 96.8 Å². The number of carbonyl (C=O) groups is 1. The monoisotopic (exact) mass is 370 g/mol. The number of hydrogen-bond acceptors (Lipinski definition) is 6. The van der Waals surface area contributed by atoms with Gasteiger partial charge in [0.05, 0.1) is 19.2 Å². The molecular weight excluding hydrogens is 344 g/mol. The summed E-state index contributed by atoms with van der Waals surface area (Å²) in [5.41, 5.74) is 14.3. The lowest BCUT2D eigenvalue weighted by Crippen LogP contribution is -2.26. The van der Waals surface area contributed by atoms with Crippen LogP contribution in [0.3, 0.4) is 0 Å². The molecular formula is C21H26N2O4. The first-order chi connectivity index (χ1) is 13.0. The Hall–Kier alpha value is -2.57. The highest BCUT2D eigenvalue weighted by Crippen LogP contribution is 2.32. The van der Waals surface area contributed by atoms with Crippen LogP contribution >= 0.6 is 0 Å². The smallest absolute Gasteiger partial charge is 0.309 e. The maximum atomic E-state index is 11.6. The molecule has 0 spiro atoms. The van der Waals surface area contributed by atoms with Crippen LogP contribution in [-0.2, 0) is 22.6 Å². The van der Waals surface area contributed by atoms with Crippen molar-refractivity contribution in [2.24, 2.45) is 11.5 Å². The lowest BCUT2D eigenvalue weighted by Gasteiger charge is -2.26. The first-order valence-corrected chi connectivity index (χ1v) is 9.23. The summed E-state index contributed by atoms with van der Waals surface area (Å²) < 4.78 is 16.8. The molecule has 2 aromatic carbocycles. The molecule has 6 nitrogen and oxygen atoms in total. The summed E-state index contributed by atoms with van der Waals surface area (Å²) in [4.78, 5) is 11.6. The summed E-state index contributed by atoms with van der Waals surface area (Å²) in [6, 6.07) is 13.5. The minimum Gasteiger partial charge on any atom is -0.490 e. The van der Waals surface area contributed by atoms with E-state index < -0.39 is 6.17 Å². The van der Waals surface area contributed by atoms with Crippen LogP contribution in [0.1, 0.15) is 42.6 Å². The zero-order chi connectivity index (χ0) is 19.2. The van der Waals surface area contributed by atoms with E-state index >= 15 is 0 Å². The van der Waals surface area contributed by atoms with Crippen molar-refractivity contribution in [1.29, 1.82) is 0 Å². The van der Waals surface area contributed by atoms with E-state index in [1.165, 1.54) is 0 Å². The molecule has 0 saturated heterocycles. The standard InChI is InChI=1S/C21H26N2O4/c1-2-25-20(24)12-18-8-7-16-11-17(9-10-19(16)27-18)26-13-14-3-5-15(6-4-14)21(22)23/h3-6,9-11,18,21H,2,7-8,12-13,22-23H2,1H3. The van der Waals surface area contributed by atoms with E-state index in [4.69, 9.17) is 25.7 Å². The molecule has 0 bridgehead atoms. The summed E-state index contributed by atoms with van der Waals surface area (Å²) in [6.07, 6.45) is 1.33. The predicted octanol–water partition coefficient (Wildman–Crippen LogP) is 2.83. The Morgan fingerprint density at radius 2 is 2.00 bits per heavy atom. The Labute approximate surface area is 159 Å². The molecule has 0 radical (unpaired) electrons. The fourth-order valence-corrected chi connectivity index (χ4v) is 3.06. The van der Waals surface area contributed by atoms with Gasteiger partial charge >= 0.3 is 5.97 Å². The summed E-state index contributed by atoms with van der Waals surface area (Å²) in [5.74, 6) is 1.39. The van der Waals surface area contributed by atoms with Gasteiger partial charge in [0.25, 0.3) is 0 Å². The second-order valence-electron chi connectivity index (χ2n) is 6.61. The normalized spacial score (nSPS) is 15.8. The number of fused-ring (bicyclic) bond motifs is 1. The Kier molecular flexibility index (Phi) is 6.32. The number of nitrogens with two attached hydrogens (primary N) is 2. The number of aryl methyl sites for hydroxylation is 1. The van der Waals surface area contributed by atoms with Gasteiger partial charge in [-0.05, 0) is 54.7 Å². The van der Waals surface area contributed by atoms with E-state index in [0.717, 1.165) is 41.0 Å². The van der Waals surface area contributed by atoms with Crippen LogP contribution in [0.2, 0.25) is 0 Å². The van der Waals surface area contributed by atoms with Crippen molar-refractivity contribution in [1.82, 2.24) is 0 Å². The third-order valence-electron chi connectivity index (χ3n) is 4.53. The van der Waals surface area contributed by atoms with Gasteiger partial charge in [0, 0.05) is 0 Å². The van der Waals surface area contributed by atoms with Crippen LogP contribution in [0.4, 0.5) is 0 Å². The van der Waals surface area contributed by atoms with E-state index in [0.29, 0.717) is 13.2 Å². The third-order valence-corrected chi connectivity index (χ3v) is 4.53. The predicted molar refractivity (Wildman–Crippen MR) is 102 cm³/mol. The van der Waals surface area contributed by atoms with Crippen molar-refractivity contribution in [2.45, 2.75) is 45.1 Å². The maximum Gasteiger partial charge on any atom is 0.309 e. The quantitative estimate of drug-likeness (QED) is 0.575. The van der Waals surface area contributed by atoms with Crippen LogP contribution in [0.25, 0.3) is 0 Å². The lowest BCUT2D eigenvalue weighted by atomic mass is 10.0. The number of carbonyl (C=O) groups excluding carboxylic acids is 1. The highest BCUT2D eigenvalue weighted by molar-refractivity contribution is 5.70. The SMILES string of the molecule is CCOC(=O)CC1CCc2cc(OCc3ccc(C(N)N)cc3)ccc2O1. The van der Waals surface area contributed by atoms with E-state index in [1.807, 2.05) is 42.5 Å². The average Bonchev–Trinajstić information content (AvgIpc) is 2.66. The van der Waals surface area contributed by atoms with E-state index in [1.54, 1.807) is 6.92 Å². The fourth-order valence-electron chi connectivity index (χ4n) is 3.06. The number of esters is 1. The van der Waals surface area contributed by atoms with Crippen molar-refractivity contribution in [2.75, 3.05) is 6.61 Å². The number of hydrogen-bond donors (Lipinski definition) is 2. The first kappa shape index (κ1) is 19.2. The number of benzene rings is 2. The van der Waals surface area contributed by atoms with Crippen LogP contribution in [0.5, 0.6) is 11.5 Å². The minimum absolute atomic E-state index is 0.129. The number of rotatable bonds is 7. The van der Waals surface area contributed by atoms with Gasteiger partial charge in [0.1, 0.15) is 24.2 Å². The van der Waals surface area contributed by atoms with Gasteiger partial charge in [-0.25, -0.2) is 0 Å². The van der Waals surface area contributed by atoms with E-state index in [2.05, 4.69) is 0 Å². The summed E-state index contributed by atoms with van der Waals surface area (Å²) in [7, 11) is 0. The molecule has 1 unspecified atom stereocenters. The zero-order valence-electron chi connectivity index (χ0n) is 15.5. The lowest BCUT2D eigenvalue weighted by molar-refractivity contribution is -0.145. The zero-order valence-corrected chi connectivity index (χ0v) is 15.5. The summed E-state index contributed by atoms with van der Waals surface area (Å²) in [6.45, 7) is 2.66. The van der Waals surface area contributed by atoms with Crippen LogP contribution in [-0.4, -0.2) is 18.7 Å². The molecule has 4 N–H and O–H groups in total. The molecule has 0 saturated carbocycles. The Bertz CT molecular complexity index is 774. The van der Waals surface area contributed by atoms with Gasteiger partial charge in [-0.1, -0.05) is 24.3 Å². The first-order valence-electron chi connectivity index (χ1n) is 9.23. The molecule has 0 aromatic heterocycles. The molecule has 0 aliphatic carbocycles. The Morgan fingerprint density at radius 3 is 2.70 bits per heavy atom. The van der Waals surface area contributed by atoms with Crippen molar-refractivity contribution in [3.05, 3.63) is 59.2 Å². The van der Waals surface area contributed by atoms with Crippen molar-refractivity contribution in [3.63, 3.8) is 0 Å². The third kappa shape index (κ3) is 5.21. The largest absolute Gasteiger partial charge is 0.490 e. The van der Waals surface area contributed by atoms with Gasteiger partial charge in [-0.2, -0.15) is 0 Å². The molecule has 0 amide bonds. The highest BCUT2D eigenvalue weighted by atomic mass is 16.5. The summed E-state index contributed by atoms with van der Waals surface area (Å²) in [5, 5.41) is 0. The van der Waals surface area contributed by atoms with Crippen molar-refractivity contribution >= 4 is 5.97 Å². The molecule has 0 fully saturated rings. The van der Waals surface area contributed by atoms with E-state index in [-0.39, 0.29) is 18.5 Å². The average molecular weight is 370 g/mol. The molecule has 3 rings (SSSR count). The maximum absolute atomic E-state index is 11.6. The van der Waals surface area contributed by atoms with Crippen LogP contribution < -0.4 is 20.9 Å². The van der Waals surface area contributed by atoms with Crippen molar-refractivity contribution in [3.8, 4) is 11.5 Å². The van der Waals surface area contributed by atoms with Gasteiger partial charge in [-0.15, -0.1) is 0 Å². The van der Waals surface area contributed by atoms with Gasteiger partial charge in [-0.3, -0.25) is 4.79 Å². The van der Waals surface area contributed by atoms with Crippen molar-refractivity contribution < 1.29 is 19.0 Å². The minimum atomic E-state index is -0.465. The molecule has 1 heterocycles. The second kappa shape index (κ2) is 8.88. The fraction of sp³-hybridized carbons (Fsp3) is 0.381. The molecule has 2 aromatic rings. The van der Waals surface area contributed by atoms with Crippen LogP contribution in [0, 0.1) is 0 Å². The second-order valence-corrected chi connectivity index (χ2v) is 6.61.